The summed E-state index contributed by atoms with van der Waals surface area (Å²) in [6.07, 6.45) is 4.99. The van der Waals surface area contributed by atoms with Crippen molar-refractivity contribution in [2.75, 3.05) is 19.7 Å². The summed E-state index contributed by atoms with van der Waals surface area (Å²) in [6.45, 7) is 7.90. The first-order chi connectivity index (χ1) is 15.0. The summed E-state index contributed by atoms with van der Waals surface area (Å²) in [6, 6.07) is 9.08. The molecule has 1 fully saturated rings. The van der Waals surface area contributed by atoms with Crippen molar-refractivity contribution in [3.05, 3.63) is 53.9 Å². The Morgan fingerprint density at radius 1 is 1.16 bits per heavy atom. The van der Waals surface area contributed by atoms with Gasteiger partial charge in [-0.1, -0.05) is 19.9 Å². The molecule has 0 atom stereocenters. The molecule has 0 aliphatic carbocycles. The van der Waals surface area contributed by atoms with E-state index in [0.29, 0.717) is 43.4 Å². The number of pyridine rings is 1. The quantitative estimate of drug-likeness (QED) is 0.701. The molecule has 1 aliphatic rings. The number of benzene rings is 1. The second-order valence-electron chi connectivity index (χ2n) is 7.97. The van der Waals surface area contributed by atoms with Gasteiger partial charge in [-0.2, -0.15) is 0 Å². The molecule has 1 aromatic heterocycles. The number of rotatable bonds is 8. The molecule has 7 nitrogen and oxygen atoms in total. The smallest absolute Gasteiger partial charge is 0.251 e. The third-order valence-electron chi connectivity index (χ3n) is 5.26. The molecule has 0 spiro atoms. The number of nitrogens with zero attached hydrogens (tertiary/aromatic N) is 2. The minimum absolute atomic E-state index is 0.00187. The highest BCUT2D eigenvalue weighted by Gasteiger charge is 2.25. The highest BCUT2D eigenvalue weighted by atomic mass is 16.5. The van der Waals surface area contributed by atoms with Gasteiger partial charge in [-0.05, 0) is 44.0 Å². The van der Waals surface area contributed by atoms with Gasteiger partial charge in [0, 0.05) is 48.6 Å². The van der Waals surface area contributed by atoms with Crippen LogP contribution < -0.4 is 14.8 Å². The molecule has 1 saturated heterocycles. The zero-order valence-electron chi connectivity index (χ0n) is 18.5. The van der Waals surface area contributed by atoms with Crippen molar-refractivity contribution < 1.29 is 19.1 Å². The molecule has 0 radical (unpaired) electrons. The number of nitrogens with one attached hydrogen (secondary N) is 1. The standard InChI is InChI=1S/C24H31N3O4/c1-4-30-22-14-19(7-8-21(22)31-16-18-6-5-11-25-15-18)23(28)26-20-9-12-27(13-10-20)24(29)17(2)3/h5-8,11,14-15,17,20H,4,9-10,12-13,16H2,1-3H3,(H,26,28). The Hall–Kier alpha value is -3.09. The number of piperidine rings is 1. The van der Waals surface area contributed by atoms with Gasteiger partial charge in [-0.15, -0.1) is 0 Å². The minimum atomic E-state index is -0.145. The van der Waals surface area contributed by atoms with Crippen LogP contribution in [0.1, 0.15) is 49.5 Å². The lowest BCUT2D eigenvalue weighted by Gasteiger charge is -2.33. The SMILES string of the molecule is CCOc1cc(C(=O)NC2CCN(C(=O)C(C)C)CC2)ccc1OCc1cccnc1. The molecule has 0 saturated carbocycles. The predicted octanol–water partition coefficient (Wildman–Crippen LogP) is 3.44. The first-order valence-corrected chi connectivity index (χ1v) is 10.9. The number of aromatic nitrogens is 1. The maximum Gasteiger partial charge on any atom is 0.251 e. The van der Waals surface area contributed by atoms with E-state index in [-0.39, 0.29) is 23.8 Å². The Labute approximate surface area is 183 Å². The second kappa shape index (κ2) is 10.8. The van der Waals surface area contributed by atoms with Crippen molar-refractivity contribution in [3.8, 4) is 11.5 Å². The van der Waals surface area contributed by atoms with E-state index in [0.717, 1.165) is 18.4 Å². The fourth-order valence-electron chi connectivity index (χ4n) is 3.56. The lowest BCUT2D eigenvalue weighted by atomic mass is 10.0. The third kappa shape index (κ3) is 6.20. The Balaban J connectivity index is 1.59. The summed E-state index contributed by atoms with van der Waals surface area (Å²) in [4.78, 5) is 30.9. The topological polar surface area (TPSA) is 80.8 Å². The second-order valence-corrected chi connectivity index (χ2v) is 7.97. The third-order valence-corrected chi connectivity index (χ3v) is 5.26. The Bertz CT molecular complexity index is 878. The van der Waals surface area contributed by atoms with Crippen LogP contribution in [0.25, 0.3) is 0 Å². The van der Waals surface area contributed by atoms with E-state index >= 15 is 0 Å². The van der Waals surface area contributed by atoms with Gasteiger partial charge in [0.1, 0.15) is 6.61 Å². The Kier molecular flexibility index (Phi) is 7.87. The molecule has 2 amide bonds. The number of amides is 2. The summed E-state index contributed by atoms with van der Waals surface area (Å²) < 4.78 is 11.6. The number of carbonyl (C=O) groups excluding carboxylic acids is 2. The maximum absolute atomic E-state index is 12.8. The molecule has 2 aromatic rings. The van der Waals surface area contributed by atoms with Crippen LogP contribution in [0.5, 0.6) is 11.5 Å². The van der Waals surface area contributed by atoms with Crippen LogP contribution in [0.4, 0.5) is 0 Å². The normalized spacial score (nSPS) is 14.4. The molecule has 0 bridgehead atoms. The number of ether oxygens (including phenoxy) is 2. The van der Waals surface area contributed by atoms with Crippen LogP contribution in [0.15, 0.2) is 42.7 Å². The van der Waals surface area contributed by atoms with Crippen LogP contribution >= 0.6 is 0 Å². The first-order valence-electron chi connectivity index (χ1n) is 10.9. The van der Waals surface area contributed by atoms with Gasteiger partial charge >= 0.3 is 0 Å². The van der Waals surface area contributed by atoms with Gasteiger partial charge in [-0.25, -0.2) is 0 Å². The summed E-state index contributed by atoms with van der Waals surface area (Å²) >= 11 is 0. The summed E-state index contributed by atoms with van der Waals surface area (Å²) in [7, 11) is 0. The molecule has 1 N–H and O–H groups in total. The van der Waals surface area contributed by atoms with E-state index in [1.807, 2.05) is 37.8 Å². The average Bonchev–Trinajstić information content (AvgIpc) is 2.79. The van der Waals surface area contributed by atoms with Crippen LogP contribution in [-0.4, -0.2) is 47.4 Å². The summed E-state index contributed by atoms with van der Waals surface area (Å²) in [5.74, 6) is 1.16. The molecule has 1 aliphatic heterocycles. The van der Waals surface area contributed by atoms with Gasteiger partial charge in [0.2, 0.25) is 5.91 Å². The van der Waals surface area contributed by atoms with Crippen molar-refractivity contribution in [2.45, 2.75) is 46.3 Å². The first kappa shape index (κ1) is 22.6. The van der Waals surface area contributed by atoms with E-state index in [1.165, 1.54) is 0 Å². The summed E-state index contributed by atoms with van der Waals surface area (Å²) in [5.41, 5.74) is 1.48. The van der Waals surface area contributed by atoms with E-state index < -0.39 is 0 Å². The molecule has 1 aromatic carbocycles. The summed E-state index contributed by atoms with van der Waals surface area (Å²) in [5, 5.41) is 3.09. The Morgan fingerprint density at radius 3 is 2.58 bits per heavy atom. The van der Waals surface area contributed by atoms with E-state index in [2.05, 4.69) is 10.3 Å². The fourth-order valence-corrected chi connectivity index (χ4v) is 3.56. The highest BCUT2D eigenvalue weighted by molar-refractivity contribution is 5.95. The predicted molar refractivity (Wildman–Crippen MR) is 118 cm³/mol. The molecule has 166 valence electrons. The van der Waals surface area contributed by atoms with Crippen molar-refractivity contribution in [3.63, 3.8) is 0 Å². The zero-order valence-corrected chi connectivity index (χ0v) is 18.5. The van der Waals surface area contributed by atoms with Crippen molar-refractivity contribution in [2.24, 2.45) is 5.92 Å². The van der Waals surface area contributed by atoms with Gasteiger partial charge in [0.15, 0.2) is 11.5 Å². The Morgan fingerprint density at radius 2 is 1.94 bits per heavy atom. The van der Waals surface area contributed by atoms with Crippen molar-refractivity contribution in [1.82, 2.24) is 15.2 Å². The van der Waals surface area contributed by atoms with Crippen molar-refractivity contribution in [1.29, 1.82) is 0 Å². The van der Waals surface area contributed by atoms with Crippen molar-refractivity contribution >= 4 is 11.8 Å². The lowest BCUT2D eigenvalue weighted by Crippen LogP contribution is -2.47. The largest absolute Gasteiger partial charge is 0.490 e. The van der Waals surface area contributed by atoms with Crippen LogP contribution in [0.3, 0.4) is 0 Å². The molecule has 31 heavy (non-hydrogen) atoms. The van der Waals surface area contributed by atoms with Gasteiger partial charge in [-0.3, -0.25) is 14.6 Å². The number of hydrogen-bond acceptors (Lipinski definition) is 5. The maximum atomic E-state index is 12.8. The van der Waals surface area contributed by atoms with Crippen LogP contribution in [-0.2, 0) is 11.4 Å². The molecule has 2 heterocycles. The molecule has 3 rings (SSSR count). The molecule has 0 unspecified atom stereocenters. The van der Waals surface area contributed by atoms with E-state index in [9.17, 15) is 9.59 Å². The van der Waals surface area contributed by atoms with Gasteiger partial charge < -0.3 is 19.7 Å². The molecule has 7 heteroatoms. The van der Waals surface area contributed by atoms with E-state index in [1.54, 1.807) is 30.6 Å². The van der Waals surface area contributed by atoms with Crippen LogP contribution in [0.2, 0.25) is 0 Å². The van der Waals surface area contributed by atoms with Gasteiger partial charge in [0.05, 0.1) is 6.61 Å². The van der Waals surface area contributed by atoms with Gasteiger partial charge in [0.25, 0.3) is 5.91 Å². The van der Waals surface area contributed by atoms with E-state index in [4.69, 9.17) is 9.47 Å². The van der Waals surface area contributed by atoms with Crippen LogP contribution in [0, 0.1) is 5.92 Å². The number of carbonyl (C=O) groups is 2. The highest BCUT2D eigenvalue weighted by Crippen LogP contribution is 2.29. The average molecular weight is 426 g/mol. The monoisotopic (exact) mass is 425 g/mol. The molecular formula is C24H31N3O4. The fraction of sp³-hybridized carbons (Fsp3) is 0.458. The number of hydrogen-bond donors (Lipinski definition) is 1. The number of likely N-dealkylation sites (tertiary alicyclic amines) is 1. The zero-order chi connectivity index (χ0) is 22.2. The lowest BCUT2D eigenvalue weighted by molar-refractivity contribution is -0.135. The minimum Gasteiger partial charge on any atom is -0.490 e. The molecular weight excluding hydrogens is 394 g/mol.